The van der Waals surface area contributed by atoms with Crippen LogP contribution in [0.4, 0.5) is 0 Å². The Morgan fingerprint density at radius 1 is 1.12 bits per heavy atom. The van der Waals surface area contributed by atoms with Crippen molar-refractivity contribution in [3.8, 4) is 0 Å². The van der Waals surface area contributed by atoms with Gasteiger partial charge >= 0.3 is 11.9 Å². The molecule has 0 aromatic heterocycles. The van der Waals surface area contributed by atoms with Crippen molar-refractivity contribution in [2.45, 2.75) is 24.4 Å². The third-order valence-electron chi connectivity index (χ3n) is 1.84. The fourth-order valence-corrected chi connectivity index (χ4v) is 0.931. The molecule has 8 nitrogen and oxygen atoms in total. The first-order valence-electron chi connectivity index (χ1n) is 4.53. The minimum atomic E-state index is -2.23. The minimum absolute atomic E-state index is 0.406. The van der Waals surface area contributed by atoms with E-state index in [0.717, 1.165) is 0 Å². The number of hydrogen-bond acceptors (Lipinski definition) is 9. The molecule has 0 saturated carbocycles. The Hall–Kier alpha value is -0.710. The predicted octanol–water partition coefficient (Wildman–Crippen LogP) is -3.58. The molecule has 0 aliphatic heterocycles. The van der Waals surface area contributed by atoms with Crippen LogP contribution in [0.5, 0.6) is 0 Å². The van der Waals surface area contributed by atoms with Crippen molar-refractivity contribution in [1.82, 2.24) is 0 Å². The molecule has 0 amide bonds. The van der Waals surface area contributed by atoms with Gasteiger partial charge in [-0.25, -0.2) is 4.79 Å². The van der Waals surface area contributed by atoms with E-state index in [1.165, 1.54) is 0 Å². The van der Waals surface area contributed by atoms with E-state index in [1.54, 1.807) is 0 Å². The summed E-state index contributed by atoms with van der Waals surface area (Å²) in [4.78, 5) is 21.7. The predicted molar refractivity (Wildman–Crippen MR) is 56.1 cm³/mol. The molecule has 0 saturated heterocycles. The van der Waals surface area contributed by atoms with Crippen LogP contribution < -0.4 is 0 Å². The van der Waals surface area contributed by atoms with E-state index in [-0.39, 0.29) is 0 Å². The molecule has 100 valence electrons. The molecule has 0 spiro atoms. The Kier molecular flexibility index (Phi) is 7.27. The molecule has 0 aromatic rings. The van der Waals surface area contributed by atoms with E-state index in [2.05, 4.69) is 17.4 Å². The Morgan fingerprint density at radius 2 is 1.65 bits per heavy atom. The van der Waals surface area contributed by atoms with Crippen molar-refractivity contribution in [2.24, 2.45) is 0 Å². The first-order chi connectivity index (χ1) is 7.84. The van der Waals surface area contributed by atoms with Crippen molar-refractivity contribution in [1.29, 1.82) is 0 Å². The largest absolute Gasteiger partial charge is 0.394 e. The van der Waals surface area contributed by atoms with Crippen molar-refractivity contribution < 1.29 is 39.9 Å². The van der Waals surface area contributed by atoms with Gasteiger partial charge in [0.1, 0.15) is 18.3 Å². The van der Waals surface area contributed by atoms with Crippen LogP contribution >= 0.6 is 12.6 Å². The van der Waals surface area contributed by atoms with E-state index in [0.29, 0.717) is 0 Å². The first-order valence-corrected chi connectivity index (χ1v) is 5.16. The normalized spacial score (nSPS) is 18.0. The third-order valence-corrected chi connectivity index (χ3v) is 2.10. The Bertz CT molecular complexity index is 270. The highest BCUT2D eigenvalue weighted by Crippen LogP contribution is 2.06. The maximum atomic E-state index is 11.0. The van der Waals surface area contributed by atoms with Gasteiger partial charge in [-0.3, -0.25) is 4.79 Å². The second kappa shape index (κ2) is 7.58. The minimum Gasteiger partial charge on any atom is -0.394 e. The highest BCUT2D eigenvalue weighted by Gasteiger charge is 2.35. The number of hydrogen-bond donors (Lipinski definition) is 6. The average Bonchev–Trinajstić information content (AvgIpc) is 2.34. The molecule has 9 heteroatoms. The highest BCUT2D eigenvalue weighted by molar-refractivity contribution is 7.81. The number of aliphatic hydroxyl groups is 5. The smallest absolute Gasteiger partial charge is 0.345 e. The van der Waals surface area contributed by atoms with Gasteiger partial charge in [0.15, 0.2) is 6.10 Å². The molecule has 0 unspecified atom stereocenters. The molecule has 0 heterocycles. The zero-order valence-corrected chi connectivity index (χ0v) is 9.53. The molecule has 0 aliphatic carbocycles. The van der Waals surface area contributed by atoms with Gasteiger partial charge in [-0.05, 0) is 0 Å². The summed E-state index contributed by atoms with van der Waals surface area (Å²) in [5, 5.41) is 45.0. The molecular weight excluding hydrogens is 256 g/mol. The van der Waals surface area contributed by atoms with Crippen LogP contribution in [0.2, 0.25) is 0 Å². The molecule has 0 fully saturated rings. The summed E-state index contributed by atoms with van der Waals surface area (Å²) in [6.07, 6.45) is -8.03. The van der Waals surface area contributed by atoms with Gasteiger partial charge in [0, 0.05) is 0 Å². The second-order valence-electron chi connectivity index (χ2n) is 3.13. The number of thiol groups is 1. The average molecular weight is 270 g/mol. The summed E-state index contributed by atoms with van der Waals surface area (Å²) in [5.41, 5.74) is 0. The Morgan fingerprint density at radius 3 is 2.06 bits per heavy atom. The van der Waals surface area contributed by atoms with Gasteiger partial charge in [0.2, 0.25) is 0 Å². The SMILES string of the molecule is O=C(CS)OC(=O)[C@H](O)[C@@H](O)[C@H](O)[C@H](O)CO. The summed E-state index contributed by atoms with van der Waals surface area (Å²) in [7, 11) is 0. The number of esters is 2. The fourth-order valence-electron chi connectivity index (χ4n) is 0.867. The molecule has 4 atom stereocenters. The standard InChI is InChI=1S/C8H14O8S/c9-1-3(10)5(12)6(13)7(14)8(15)16-4(11)2-17/h3,5-7,9-10,12-14,17H,1-2H2/t3-,5-,6+,7-/m1/s1. The number of aliphatic hydroxyl groups excluding tert-OH is 5. The summed E-state index contributed by atoms with van der Waals surface area (Å²) < 4.78 is 4.03. The summed E-state index contributed by atoms with van der Waals surface area (Å²) >= 11 is 3.51. The van der Waals surface area contributed by atoms with Crippen molar-refractivity contribution >= 4 is 24.6 Å². The summed E-state index contributed by atoms with van der Waals surface area (Å²) in [5.74, 6) is -2.93. The quantitative estimate of drug-likeness (QED) is 0.165. The van der Waals surface area contributed by atoms with E-state index in [1.807, 2.05) is 0 Å². The number of carbonyl (C=O) groups is 2. The second-order valence-corrected chi connectivity index (χ2v) is 3.44. The lowest BCUT2D eigenvalue weighted by Crippen LogP contribution is -2.49. The zero-order chi connectivity index (χ0) is 13.6. The van der Waals surface area contributed by atoms with Crippen LogP contribution in [0.1, 0.15) is 0 Å². The number of carbonyl (C=O) groups excluding carboxylic acids is 2. The lowest BCUT2D eigenvalue weighted by Gasteiger charge is -2.24. The van der Waals surface area contributed by atoms with Gasteiger partial charge in [0.25, 0.3) is 0 Å². The Labute approximate surface area is 102 Å². The van der Waals surface area contributed by atoms with Crippen LogP contribution in [0, 0.1) is 0 Å². The van der Waals surface area contributed by atoms with Gasteiger partial charge in [-0.15, -0.1) is 0 Å². The number of ether oxygens (including phenoxy) is 1. The maximum Gasteiger partial charge on any atom is 0.345 e. The third kappa shape index (κ3) is 4.98. The Balaban J connectivity index is 4.43. The first kappa shape index (κ1) is 16.3. The summed E-state index contributed by atoms with van der Waals surface area (Å²) in [6.45, 7) is -0.879. The molecule has 0 bridgehead atoms. The lowest BCUT2D eigenvalue weighted by atomic mass is 10.0. The molecular formula is C8H14O8S. The van der Waals surface area contributed by atoms with Gasteiger partial charge in [-0.2, -0.15) is 12.6 Å². The van der Waals surface area contributed by atoms with Crippen molar-refractivity contribution in [3.63, 3.8) is 0 Å². The van der Waals surface area contributed by atoms with E-state index >= 15 is 0 Å². The molecule has 0 rings (SSSR count). The number of rotatable bonds is 6. The molecule has 0 aliphatic rings. The molecule has 17 heavy (non-hydrogen) atoms. The molecule has 0 radical (unpaired) electrons. The van der Waals surface area contributed by atoms with Crippen LogP contribution in [-0.2, 0) is 14.3 Å². The van der Waals surface area contributed by atoms with Gasteiger partial charge in [0.05, 0.1) is 12.4 Å². The highest BCUT2D eigenvalue weighted by atomic mass is 32.1. The summed E-state index contributed by atoms with van der Waals surface area (Å²) in [6, 6.07) is 0. The van der Waals surface area contributed by atoms with Crippen LogP contribution in [0.25, 0.3) is 0 Å². The van der Waals surface area contributed by atoms with Crippen molar-refractivity contribution in [2.75, 3.05) is 12.4 Å². The zero-order valence-electron chi connectivity index (χ0n) is 8.63. The van der Waals surface area contributed by atoms with E-state index in [9.17, 15) is 19.8 Å². The maximum absolute atomic E-state index is 11.0. The topological polar surface area (TPSA) is 145 Å². The van der Waals surface area contributed by atoms with Crippen LogP contribution in [0.3, 0.4) is 0 Å². The van der Waals surface area contributed by atoms with E-state index < -0.39 is 48.7 Å². The van der Waals surface area contributed by atoms with Crippen LogP contribution in [0.15, 0.2) is 0 Å². The van der Waals surface area contributed by atoms with E-state index in [4.69, 9.17) is 15.3 Å². The monoisotopic (exact) mass is 270 g/mol. The fraction of sp³-hybridized carbons (Fsp3) is 0.750. The van der Waals surface area contributed by atoms with Gasteiger partial charge < -0.3 is 30.3 Å². The van der Waals surface area contributed by atoms with Crippen molar-refractivity contribution in [3.05, 3.63) is 0 Å². The van der Waals surface area contributed by atoms with Gasteiger partial charge in [-0.1, -0.05) is 0 Å². The lowest BCUT2D eigenvalue weighted by molar-refractivity contribution is -0.175. The molecule has 5 N–H and O–H groups in total. The molecule has 0 aromatic carbocycles. The van der Waals surface area contributed by atoms with Crippen LogP contribution in [-0.4, -0.2) is 74.2 Å².